The second-order valence-corrected chi connectivity index (χ2v) is 5.20. The molecule has 0 unspecified atom stereocenters. The van der Waals surface area contributed by atoms with Gasteiger partial charge in [0.25, 0.3) is 0 Å². The Balaban J connectivity index is 1.95. The van der Waals surface area contributed by atoms with Gasteiger partial charge in [0.1, 0.15) is 5.75 Å². The summed E-state index contributed by atoms with van der Waals surface area (Å²) >= 11 is 0. The van der Waals surface area contributed by atoms with E-state index in [1.54, 1.807) is 0 Å². The summed E-state index contributed by atoms with van der Waals surface area (Å²) in [5, 5.41) is 0. The fourth-order valence-electron chi connectivity index (χ4n) is 2.22. The second-order valence-electron chi connectivity index (χ2n) is 5.20. The van der Waals surface area contributed by atoms with Crippen molar-refractivity contribution < 1.29 is 4.74 Å². The summed E-state index contributed by atoms with van der Waals surface area (Å²) in [7, 11) is 0. The third kappa shape index (κ3) is 2.79. The fourth-order valence-corrected chi connectivity index (χ4v) is 2.22. The molecule has 2 N–H and O–H groups in total. The van der Waals surface area contributed by atoms with Gasteiger partial charge in [-0.05, 0) is 60.2 Å². The number of hydrogen-bond donors (Lipinski definition) is 1. The molecule has 0 bridgehead atoms. The molecule has 2 aromatic carbocycles. The summed E-state index contributed by atoms with van der Waals surface area (Å²) in [6, 6.07) is 14.7. The molecule has 3 rings (SSSR count). The maximum atomic E-state index is 5.86. The van der Waals surface area contributed by atoms with E-state index in [2.05, 4.69) is 43.3 Å². The third-order valence-corrected chi connectivity index (χ3v) is 3.51. The number of aryl methyl sites for hydroxylation is 1. The number of nitrogens with two attached hydrogens (primary N) is 1. The van der Waals surface area contributed by atoms with Gasteiger partial charge >= 0.3 is 0 Å². The largest absolute Gasteiger partial charge is 0.490 e. The van der Waals surface area contributed by atoms with Crippen LogP contribution in [-0.4, -0.2) is 6.10 Å². The second kappa shape index (κ2) is 5.06. The van der Waals surface area contributed by atoms with E-state index in [0.717, 1.165) is 11.3 Å². The quantitative estimate of drug-likeness (QED) is 0.902. The van der Waals surface area contributed by atoms with Gasteiger partial charge in [-0.15, -0.1) is 0 Å². The lowest BCUT2D eigenvalue weighted by atomic mass is 9.98. The summed E-state index contributed by atoms with van der Waals surface area (Å²) in [5.74, 6) is 0.970. The zero-order valence-electron chi connectivity index (χ0n) is 11.2. The van der Waals surface area contributed by atoms with Crippen LogP contribution in [0.15, 0.2) is 42.5 Å². The van der Waals surface area contributed by atoms with Crippen LogP contribution in [0.4, 0.5) is 0 Å². The van der Waals surface area contributed by atoms with Crippen molar-refractivity contribution in [3.63, 3.8) is 0 Å². The van der Waals surface area contributed by atoms with E-state index >= 15 is 0 Å². The van der Waals surface area contributed by atoms with Crippen molar-refractivity contribution in [1.82, 2.24) is 0 Å². The van der Waals surface area contributed by atoms with Gasteiger partial charge in [0.2, 0.25) is 0 Å². The van der Waals surface area contributed by atoms with Crippen LogP contribution in [0.2, 0.25) is 0 Å². The van der Waals surface area contributed by atoms with Crippen LogP contribution in [0.3, 0.4) is 0 Å². The highest BCUT2D eigenvalue weighted by atomic mass is 16.5. The maximum Gasteiger partial charge on any atom is 0.120 e. The van der Waals surface area contributed by atoms with Gasteiger partial charge in [-0.3, -0.25) is 0 Å². The van der Waals surface area contributed by atoms with E-state index in [0.29, 0.717) is 12.6 Å². The molecule has 0 heterocycles. The predicted molar refractivity (Wildman–Crippen MR) is 78.2 cm³/mol. The van der Waals surface area contributed by atoms with E-state index in [1.807, 2.05) is 6.07 Å². The van der Waals surface area contributed by atoms with Crippen LogP contribution < -0.4 is 10.5 Å². The highest BCUT2D eigenvalue weighted by molar-refractivity contribution is 5.69. The van der Waals surface area contributed by atoms with Crippen molar-refractivity contribution in [2.75, 3.05) is 0 Å². The predicted octanol–water partition coefficient (Wildman–Crippen LogP) is 3.66. The van der Waals surface area contributed by atoms with Gasteiger partial charge in [-0.25, -0.2) is 0 Å². The van der Waals surface area contributed by atoms with Crippen molar-refractivity contribution in [2.24, 2.45) is 5.73 Å². The van der Waals surface area contributed by atoms with Gasteiger partial charge in [-0.2, -0.15) is 0 Å². The average molecular weight is 253 g/mol. The Labute approximate surface area is 114 Å². The maximum absolute atomic E-state index is 5.86. The summed E-state index contributed by atoms with van der Waals surface area (Å²) in [6.07, 6.45) is 2.81. The van der Waals surface area contributed by atoms with E-state index < -0.39 is 0 Å². The van der Waals surface area contributed by atoms with Gasteiger partial charge in [0.05, 0.1) is 6.10 Å². The Bertz CT molecular complexity index is 588. The smallest absolute Gasteiger partial charge is 0.120 e. The van der Waals surface area contributed by atoms with Crippen LogP contribution in [0.25, 0.3) is 11.1 Å². The SMILES string of the molecule is Cc1ccc(CN)cc1-c1cccc(OC2CC2)c1. The lowest BCUT2D eigenvalue weighted by molar-refractivity contribution is 0.303. The molecule has 2 nitrogen and oxygen atoms in total. The molecule has 0 saturated heterocycles. The summed E-state index contributed by atoms with van der Waals surface area (Å²) < 4.78 is 5.86. The molecule has 1 aliphatic carbocycles. The van der Waals surface area contributed by atoms with E-state index in [1.165, 1.54) is 29.5 Å². The molecular formula is C17H19NO. The monoisotopic (exact) mass is 253 g/mol. The van der Waals surface area contributed by atoms with Crippen molar-refractivity contribution in [3.05, 3.63) is 53.6 Å². The topological polar surface area (TPSA) is 35.2 Å². The summed E-state index contributed by atoms with van der Waals surface area (Å²) in [5.41, 5.74) is 10.6. The van der Waals surface area contributed by atoms with Crippen LogP contribution in [0.5, 0.6) is 5.75 Å². The van der Waals surface area contributed by atoms with Crippen LogP contribution >= 0.6 is 0 Å². The van der Waals surface area contributed by atoms with Crippen molar-refractivity contribution >= 4 is 0 Å². The first-order valence-electron chi connectivity index (χ1n) is 6.83. The Kier molecular flexibility index (Phi) is 3.26. The third-order valence-electron chi connectivity index (χ3n) is 3.51. The van der Waals surface area contributed by atoms with Gasteiger partial charge < -0.3 is 10.5 Å². The first kappa shape index (κ1) is 12.2. The minimum absolute atomic E-state index is 0.437. The molecule has 1 saturated carbocycles. The van der Waals surface area contributed by atoms with Gasteiger partial charge in [0, 0.05) is 6.54 Å². The van der Waals surface area contributed by atoms with E-state index in [9.17, 15) is 0 Å². The molecule has 19 heavy (non-hydrogen) atoms. The molecule has 0 aliphatic heterocycles. The zero-order chi connectivity index (χ0) is 13.2. The van der Waals surface area contributed by atoms with Gasteiger partial charge in [0.15, 0.2) is 0 Å². The minimum atomic E-state index is 0.437. The zero-order valence-corrected chi connectivity index (χ0v) is 11.2. The van der Waals surface area contributed by atoms with Crippen molar-refractivity contribution in [1.29, 1.82) is 0 Å². The summed E-state index contributed by atoms with van der Waals surface area (Å²) in [4.78, 5) is 0. The Hall–Kier alpha value is -1.80. The molecule has 0 radical (unpaired) electrons. The number of benzene rings is 2. The lowest BCUT2D eigenvalue weighted by Crippen LogP contribution is -1.98. The summed E-state index contributed by atoms with van der Waals surface area (Å²) in [6.45, 7) is 2.70. The normalized spacial score (nSPS) is 14.4. The number of rotatable bonds is 4. The fraction of sp³-hybridized carbons (Fsp3) is 0.294. The Morgan fingerprint density at radius 3 is 2.74 bits per heavy atom. The highest BCUT2D eigenvalue weighted by Crippen LogP contribution is 2.31. The first-order chi connectivity index (χ1) is 9.26. The van der Waals surface area contributed by atoms with Crippen LogP contribution in [0.1, 0.15) is 24.0 Å². The highest BCUT2D eigenvalue weighted by Gasteiger charge is 2.23. The molecule has 98 valence electrons. The Morgan fingerprint density at radius 1 is 1.16 bits per heavy atom. The van der Waals surface area contributed by atoms with Crippen molar-refractivity contribution in [2.45, 2.75) is 32.4 Å². The van der Waals surface area contributed by atoms with E-state index in [-0.39, 0.29) is 0 Å². The Morgan fingerprint density at radius 2 is 2.00 bits per heavy atom. The first-order valence-corrected chi connectivity index (χ1v) is 6.83. The van der Waals surface area contributed by atoms with Gasteiger partial charge in [-0.1, -0.05) is 24.3 Å². The molecule has 1 aliphatic rings. The average Bonchev–Trinajstić information content (AvgIpc) is 3.23. The molecule has 1 fully saturated rings. The molecule has 0 atom stereocenters. The minimum Gasteiger partial charge on any atom is -0.490 e. The molecular weight excluding hydrogens is 234 g/mol. The van der Waals surface area contributed by atoms with Crippen LogP contribution in [0, 0.1) is 6.92 Å². The standard InChI is InChI=1S/C17H19NO/c1-12-5-6-13(11-18)9-17(12)14-3-2-4-16(10-14)19-15-7-8-15/h2-6,9-10,15H,7-8,11,18H2,1H3. The van der Waals surface area contributed by atoms with Crippen molar-refractivity contribution in [3.8, 4) is 16.9 Å². The molecule has 0 aromatic heterocycles. The molecule has 0 amide bonds. The van der Waals surface area contributed by atoms with E-state index in [4.69, 9.17) is 10.5 Å². The molecule has 2 heteroatoms. The molecule has 2 aromatic rings. The number of hydrogen-bond acceptors (Lipinski definition) is 2. The molecule has 0 spiro atoms. The lowest BCUT2D eigenvalue weighted by Gasteiger charge is -2.10. The van der Waals surface area contributed by atoms with Crippen LogP contribution in [-0.2, 0) is 6.54 Å². The number of ether oxygens (including phenoxy) is 1.